The van der Waals surface area contributed by atoms with E-state index in [0.717, 1.165) is 13.1 Å². The first-order chi connectivity index (χ1) is 7.64. The van der Waals surface area contributed by atoms with Crippen molar-refractivity contribution in [2.24, 2.45) is 0 Å². The molecule has 1 saturated heterocycles. The smallest absolute Gasteiger partial charge is 0.128 e. The summed E-state index contributed by atoms with van der Waals surface area (Å²) in [6, 6.07) is 8.32. The van der Waals surface area contributed by atoms with Crippen LogP contribution in [0.1, 0.15) is 18.4 Å². The number of para-hydroxylation sites is 1. The fraction of sp³-hybridized carbons (Fsp3) is 0.429. The third kappa shape index (κ3) is 2.05. The first-order valence-corrected chi connectivity index (χ1v) is 5.65. The molecule has 0 radical (unpaired) electrons. The lowest BCUT2D eigenvalue weighted by atomic mass is 9.92. The Labute approximate surface area is 96.9 Å². The van der Waals surface area contributed by atoms with E-state index in [1.807, 2.05) is 12.1 Å². The molecule has 0 amide bonds. The lowest BCUT2D eigenvalue weighted by Gasteiger charge is -2.37. The first-order valence-electron chi connectivity index (χ1n) is 5.65. The maximum Gasteiger partial charge on any atom is 0.128 e. The second-order valence-electron chi connectivity index (χ2n) is 4.45. The highest BCUT2D eigenvalue weighted by Gasteiger charge is 2.30. The van der Waals surface area contributed by atoms with Gasteiger partial charge in [0, 0.05) is 31.6 Å². The molecule has 0 aliphatic carbocycles. The molecule has 1 N–H and O–H groups in total. The Hall–Kier alpha value is -1.46. The predicted molar refractivity (Wildman–Crippen MR) is 66.4 cm³/mol. The zero-order valence-electron chi connectivity index (χ0n) is 9.61. The van der Waals surface area contributed by atoms with Crippen molar-refractivity contribution in [3.05, 3.63) is 29.8 Å². The Kier molecular flexibility index (Phi) is 2.89. The van der Waals surface area contributed by atoms with Gasteiger partial charge in [-0.05, 0) is 18.6 Å². The molecule has 1 aromatic carbocycles. The molecule has 2 rings (SSSR count). The molecular formula is C14H17NO. The van der Waals surface area contributed by atoms with Gasteiger partial charge in [-0.15, -0.1) is 6.42 Å². The Morgan fingerprint density at radius 3 is 2.50 bits per heavy atom. The quantitative estimate of drug-likeness (QED) is 0.724. The number of aryl methyl sites for hydroxylation is 1. The van der Waals surface area contributed by atoms with Crippen LogP contribution in [0.4, 0.5) is 5.69 Å². The Bertz CT molecular complexity index is 411. The number of piperidine rings is 1. The molecule has 0 unspecified atom stereocenters. The Balaban J connectivity index is 2.11. The van der Waals surface area contributed by atoms with Crippen LogP contribution < -0.4 is 4.90 Å². The van der Waals surface area contributed by atoms with Crippen LogP contribution in [0.3, 0.4) is 0 Å². The van der Waals surface area contributed by atoms with Crippen LogP contribution in [-0.2, 0) is 0 Å². The van der Waals surface area contributed by atoms with E-state index in [1.54, 1.807) is 0 Å². The van der Waals surface area contributed by atoms with Gasteiger partial charge in [0.2, 0.25) is 0 Å². The third-order valence-corrected chi connectivity index (χ3v) is 3.32. The molecular weight excluding hydrogens is 198 g/mol. The Morgan fingerprint density at radius 2 is 1.94 bits per heavy atom. The van der Waals surface area contributed by atoms with Crippen molar-refractivity contribution in [3.8, 4) is 12.3 Å². The van der Waals surface area contributed by atoms with Crippen molar-refractivity contribution in [2.75, 3.05) is 18.0 Å². The lowest BCUT2D eigenvalue weighted by Crippen LogP contribution is -2.43. The molecule has 16 heavy (non-hydrogen) atoms. The van der Waals surface area contributed by atoms with Gasteiger partial charge < -0.3 is 10.0 Å². The molecule has 0 saturated carbocycles. The van der Waals surface area contributed by atoms with Gasteiger partial charge in [0.25, 0.3) is 0 Å². The highest BCUT2D eigenvalue weighted by atomic mass is 16.3. The van der Waals surface area contributed by atoms with E-state index in [4.69, 9.17) is 6.42 Å². The molecule has 2 heteroatoms. The average Bonchev–Trinajstić information content (AvgIpc) is 2.31. The van der Waals surface area contributed by atoms with Crippen LogP contribution in [-0.4, -0.2) is 23.8 Å². The van der Waals surface area contributed by atoms with Gasteiger partial charge in [0.1, 0.15) is 5.60 Å². The Morgan fingerprint density at radius 1 is 1.31 bits per heavy atom. The van der Waals surface area contributed by atoms with Gasteiger partial charge in [-0.2, -0.15) is 0 Å². The number of terminal acetylenes is 1. The lowest BCUT2D eigenvalue weighted by molar-refractivity contribution is 0.0748. The first kappa shape index (κ1) is 11.0. The fourth-order valence-corrected chi connectivity index (χ4v) is 2.18. The van der Waals surface area contributed by atoms with Crippen LogP contribution in [0, 0.1) is 19.3 Å². The van der Waals surface area contributed by atoms with Crippen LogP contribution >= 0.6 is 0 Å². The van der Waals surface area contributed by atoms with E-state index in [-0.39, 0.29) is 0 Å². The van der Waals surface area contributed by atoms with Crippen LogP contribution in [0.25, 0.3) is 0 Å². The molecule has 1 fully saturated rings. The number of anilines is 1. The van der Waals surface area contributed by atoms with E-state index < -0.39 is 5.60 Å². The molecule has 0 spiro atoms. The molecule has 1 heterocycles. The third-order valence-electron chi connectivity index (χ3n) is 3.32. The summed E-state index contributed by atoms with van der Waals surface area (Å²) in [5, 5.41) is 9.95. The van der Waals surface area contributed by atoms with Gasteiger partial charge >= 0.3 is 0 Å². The van der Waals surface area contributed by atoms with Crippen molar-refractivity contribution < 1.29 is 5.11 Å². The zero-order chi connectivity index (χ0) is 11.6. The molecule has 1 aromatic rings. The number of hydrogen-bond acceptors (Lipinski definition) is 2. The van der Waals surface area contributed by atoms with Crippen molar-refractivity contribution in [3.63, 3.8) is 0 Å². The molecule has 0 atom stereocenters. The molecule has 0 aromatic heterocycles. The van der Waals surface area contributed by atoms with Gasteiger partial charge in [0.15, 0.2) is 0 Å². The number of aliphatic hydroxyl groups is 1. The van der Waals surface area contributed by atoms with E-state index in [2.05, 4.69) is 29.9 Å². The van der Waals surface area contributed by atoms with Crippen molar-refractivity contribution in [1.29, 1.82) is 0 Å². The summed E-state index contributed by atoms with van der Waals surface area (Å²) in [6.45, 7) is 3.76. The monoisotopic (exact) mass is 215 g/mol. The summed E-state index contributed by atoms with van der Waals surface area (Å²) >= 11 is 0. The van der Waals surface area contributed by atoms with Gasteiger partial charge in [-0.25, -0.2) is 0 Å². The molecule has 1 aliphatic heterocycles. The summed E-state index contributed by atoms with van der Waals surface area (Å²) in [5.74, 6) is 2.50. The normalized spacial score (nSPS) is 19.2. The van der Waals surface area contributed by atoms with Gasteiger partial charge in [-0.3, -0.25) is 0 Å². The number of rotatable bonds is 1. The molecule has 0 bridgehead atoms. The van der Waals surface area contributed by atoms with E-state index in [1.165, 1.54) is 11.3 Å². The second kappa shape index (κ2) is 4.19. The minimum atomic E-state index is -0.890. The van der Waals surface area contributed by atoms with Crippen molar-refractivity contribution >= 4 is 5.69 Å². The standard InChI is InChI=1S/C14H17NO/c1-3-14(16)8-10-15(11-9-14)13-7-5-4-6-12(13)2/h1,4-7,16H,8-11H2,2H3. The molecule has 2 nitrogen and oxygen atoms in total. The van der Waals surface area contributed by atoms with Crippen molar-refractivity contribution in [2.45, 2.75) is 25.4 Å². The summed E-state index contributed by atoms with van der Waals surface area (Å²) in [5.41, 5.74) is 1.63. The van der Waals surface area contributed by atoms with Gasteiger partial charge in [0.05, 0.1) is 0 Å². The van der Waals surface area contributed by atoms with Crippen LogP contribution in [0.2, 0.25) is 0 Å². The SMILES string of the molecule is C#CC1(O)CCN(c2ccccc2C)CC1. The highest BCUT2D eigenvalue weighted by Crippen LogP contribution is 2.27. The largest absolute Gasteiger partial charge is 0.377 e. The predicted octanol–water partition coefficient (Wildman–Crippen LogP) is 1.96. The number of benzene rings is 1. The minimum absolute atomic E-state index is 0.651. The van der Waals surface area contributed by atoms with Crippen LogP contribution in [0.5, 0.6) is 0 Å². The zero-order valence-corrected chi connectivity index (χ0v) is 9.61. The minimum Gasteiger partial charge on any atom is -0.377 e. The van der Waals surface area contributed by atoms with Crippen LogP contribution in [0.15, 0.2) is 24.3 Å². The molecule has 1 aliphatic rings. The maximum atomic E-state index is 9.95. The summed E-state index contributed by atoms with van der Waals surface area (Å²) in [4.78, 5) is 2.29. The average molecular weight is 215 g/mol. The van der Waals surface area contributed by atoms with E-state index in [9.17, 15) is 5.11 Å². The molecule has 84 valence electrons. The van der Waals surface area contributed by atoms with E-state index >= 15 is 0 Å². The number of nitrogens with zero attached hydrogens (tertiary/aromatic N) is 1. The highest BCUT2D eigenvalue weighted by molar-refractivity contribution is 5.53. The van der Waals surface area contributed by atoms with Crippen molar-refractivity contribution in [1.82, 2.24) is 0 Å². The second-order valence-corrected chi connectivity index (χ2v) is 4.45. The summed E-state index contributed by atoms with van der Waals surface area (Å²) < 4.78 is 0. The number of hydrogen-bond donors (Lipinski definition) is 1. The van der Waals surface area contributed by atoms with Gasteiger partial charge in [-0.1, -0.05) is 24.1 Å². The maximum absolute atomic E-state index is 9.95. The summed E-state index contributed by atoms with van der Waals surface area (Å²) in [7, 11) is 0. The topological polar surface area (TPSA) is 23.5 Å². The summed E-state index contributed by atoms with van der Waals surface area (Å²) in [6.07, 6.45) is 6.63. The van der Waals surface area contributed by atoms with E-state index in [0.29, 0.717) is 12.8 Å². The fourth-order valence-electron chi connectivity index (χ4n) is 2.18.